The SMILES string of the molecule is NNC(=O)c1ccoc1COc1ccc(F)c(Br)c1. The van der Waals surface area contributed by atoms with Crippen molar-refractivity contribution in [2.75, 3.05) is 0 Å². The zero-order valence-electron chi connectivity index (χ0n) is 9.65. The molecule has 0 aliphatic carbocycles. The van der Waals surface area contributed by atoms with E-state index in [2.05, 4.69) is 15.9 Å². The van der Waals surface area contributed by atoms with Crippen LogP contribution in [0.15, 0.2) is 39.4 Å². The van der Waals surface area contributed by atoms with Gasteiger partial charge in [0.25, 0.3) is 5.91 Å². The zero-order valence-corrected chi connectivity index (χ0v) is 11.2. The Morgan fingerprint density at radius 3 is 2.95 bits per heavy atom. The average Bonchev–Trinajstić information content (AvgIpc) is 2.87. The lowest BCUT2D eigenvalue weighted by atomic mass is 10.2. The molecular formula is C12H10BrFN2O3. The summed E-state index contributed by atoms with van der Waals surface area (Å²) in [5, 5.41) is 0. The molecule has 1 aromatic carbocycles. The van der Waals surface area contributed by atoms with Crippen LogP contribution in [0, 0.1) is 5.82 Å². The Morgan fingerprint density at radius 2 is 2.26 bits per heavy atom. The molecule has 0 aliphatic rings. The highest BCUT2D eigenvalue weighted by molar-refractivity contribution is 9.10. The van der Waals surface area contributed by atoms with E-state index >= 15 is 0 Å². The molecule has 100 valence electrons. The standard InChI is InChI=1S/C12H10BrFN2O3/c13-9-5-7(1-2-10(9)14)19-6-11-8(3-4-18-11)12(17)16-15/h1-5H,6,15H2,(H,16,17). The van der Waals surface area contributed by atoms with Gasteiger partial charge < -0.3 is 9.15 Å². The summed E-state index contributed by atoms with van der Waals surface area (Å²) in [6.07, 6.45) is 1.36. The predicted molar refractivity (Wildman–Crippen MR) is 68.8 cm³/mol. The minimum Gasteiger partial charge on any atom is -0.486 e. The van der Waals surface area contributed by atoms with Crippen LogP contribution in [-0.2, 0) is 6.61 Å². The molecular weight excluding hydrogens is 319 g/mol. The highest BCUT2D eigenvalue weighted by Gasteiger charge is 2.14. The number of hydrogen-bond donors (Lipinski definition) is 2. The summed E-state index contributed by atoms with van der Waals surface area (Å²) in [6, 6.07) is 5.73. The third kappa shape index (κ3) is 3.12. The third-order valence-corrected chi connectivity index (χ3v) is 2.99. The van der Waals surface area contributed by atoms with Crippen LogP contribution in [0.3, 0.4) is 0 Å². The fourth-order valence-electron chi connectivity index (χ4n) is 1.45. The van der Waals surface area contributed by atoms with Crippen molar-refractivity contribution in [1.82, 2.24) is 5.43 Å². The lowest BCUT2D eigenvalue weighted by Gasteiger charge is -2.06. The first-order valence-corrected chi connectivity index (χ1v) is 6.06. The smallest absolute Gasteiger partial charge is 0.268 e. The quantitative estimate of drug-likeness (QED) is 0.513. The molecule has 19 heavy (non-hydrogen) atoms. The van der Waals surface area contributed by atoms with E-state index in [1.54, 1.807) is 0 Å². The molecule has 0 saturated heterocycles. The average molecular weight is 329 g/mol. The first-order chi connectivity index (χ1) is 9.11. The number of nitrogens with two attached hydrogens (primary N) is 1. The van der Waals surface area contributed by atoms with Crippen LogP contribution in [0.2, 0.25) is 0 Å². The second-order valence-electron chi connectivity index (χ2n) is 3.60. The van der Waals surface area contributed by atoms with Gasteiger partial charge in [-0.3, -0.25) is 10.2 Å². The monoisotopic (exact) mass is 328 g/mol. The molecule has 5 nitrogen and oxygen atoms in total. The van der Waals surface area contributed by atoms with Gasteiger partial charge in [-0.1, -0.05) is 0 Å². The van der Waals surface area contributed by atoms with Gasteiger partial charge in [0.15, 0.2) is 5.76 Å². The van der Waals surface area contributed by atoms with Gasteiger partial charge in [-0.25, -0.2) is 10.2 Å². The molecule has 2 rings (SSSR count). The van der Waals surface area contributed by atoms with Gasteiger partial charge in [-0.2, -0.15) is 0 Å². The van der Waals surface area contributed by atoms with Crippen molar-refractivity contribution in [2.45, 2.75) is 6.61 Å². The van der Waals surface area contributed by atoms with E-state index < -0.39 is 5.91 Å². The number of halogens is 2. The molecule has 0 fully saturated rings. The summed E-state index contributed by atoms with van der Waals surface area (Å²) in [4.78, 5) is 11.4. The Bertz CT molecular complexity index is 600. The van der Waals surface area contributed by atoms with E-state index in [1.165, 1.54) is 30.5 Å². The topological polar surface area (TPSA) is 77.5 Å². The summed E-state index contributed by atoms with van der Waals surface area (Å²) in [5.74, 6) is 4.98. The van der Waals surface area contributed by atoms with Crippen LogP contribution >= 0.6 is 15.9 Å². The largest absolute Gasteiger partial charge is 0.486 e. The molecule has 1 heterocycles. The third-order valence-electron chi connectivity index (χ3n) is 2.38. The molecule has 7 heteroatoms. The first-order valence-electron chi connectivity index (χ1n) is 5.27. The minimum absolute atomic E-state index is 0.0355. The number of nitrogens with one attached hydrogen (secondary N) is 1. The molecule has 3 N–H and O–H groups in total. The van der Waals surface area contributed by atoms with Gasteiger partial charge in [-0.05, 0) is 40.2 Å². The van der Waals surface area contributed by atoms with Crippen LogP contribution in [-0.4, -0.2) is 5.91 Å². The van der Waals surface area contributed by atoms with Crippen LogP contribution in [0.5, 0.6) is 5.75 Å². The summed E-state index contributed by atoms with van der Waals surface area (Å²) in [7, 11) is 0. The van der Waals surface area contributed by atoms with Crippen molar-refractivity contribution in [1.29, 1.82) is 0 Å². The van der Waals surface area contributed by atoms with E-state index in [4.69, 9.17) is 15.0 Å². The number of amides is 1. The number of rotatable bonds is 4. The number of carbonyl (C=O) groups excluding carboxylic acids is 1. The summed E-state index contributed by atoms with van der Waals surface area (Å²) < 4.78 is 23.9. The van der Waals surface area contributed by atoms with Crippen molar-refractivity contribution in [2.24, 2.45) is 5.84 Å². The number of carbonyl (C=O) groups is 1. The fraction of sp³-hybridized carbons (Fsp3) is 0.0833. The molecule has 0 aliphatic heterocycles. The van der Waals surface area contributed by atoms with Crippen LogP contribution in [0.1, 0.15) is 16.1 Å². The molecule has 1 aromatic heterocycles. The number of ether oxygens (including phenoxy) is 1. The molecule has 0 saturated carbocycles. The van der Waals surface area contributed by atoms with Gasteiger partial charge in [-0.15, -0.1) is 0 Å². The molecule has 0 spiro atoms. The van der Waals surface area contributed by atoms with Crippen LogP contribution in [0.25, 0.3) is 0 Å². The molecule has 0 atom stereocenters. The van der Waals surface area contributed by atoms with Crippen LogP contribution in [0.4, 0.5) is 4.39 Å². The van der Waals surface area contributed by atoms with E-state index in [0.29, 0.717) is 21.5 Å². The Kier molecular flexibility index (Phi) is 4.18. The highest BCUT2D eigenvalue weighted by atomic mass is 79.9. The molecule has 0 unspecified atom stereocenters. The number of hydrazine groups is 1. The zero-order chi connectivity index (χ0) is 13.8. The maximum Gasteiger partial charge on any atom is 0.268 e. The van der Waals surface area contributed by atoms with Crippen molar-refractivity contribution < 1.29 is 18.3 Å². The number of furan rings is 1. The summed E-state index contributed by atoms with van der Waals surface area (Å²) in [6.45, 7) is 0.0355. The Hall–Kier alpha value is -1.86. The van der Waals surface area contributed by atoms with Gasteiger partial charge in [0.2, 0.25) is 0 Å². The maximum absolute atomic E-state index is 13.0. The second-order valence-corrected chi connectivity index (χ2v) is 4.45. The van der Waals surface area contributed by atoms with Gasteiger partial charge in [0.1, 0.15) is 18.2 Å². The molecule has 1 amide bonds. The van der Waals surface area contributed by atoms with E-state index in [9.17, 15) is 9.18 Å². The number of hydrogen-bond acceptors (Lipinski definition) is 4. The maximum atomic E-state index is 13.0. The van der Waals surface area contributed by atoms with Gasteiger partial charge in [0.05, 0.1) is 16.3 Å². The highest BCUT2D eigenvalue weighted by Crippen LogP contribution is 2.23. The van der Waals surface area contributed by atoms with E-state index in [0.717, 1.165) is 0 Å². The van der Waals surface area contributed by atoms with Crippen LogP contribution < -0.4 is 16.0 Å². The van der Waals surface area contributed by atoms with E-state index in [-0.39, 0.29) is 12.4 Å². The van der Waals surface area contributed by atoms with Crippen molar-refractivity contribution in [3.8, 4) is 5.75 Å². The summed E-state index contributed by atoms with van der Waals surface area (Å²) in [5.41, 5.74) is 2.31. The first kappa shape index (κ1) is 13.6. The van der Waals surface area contributed by atoms with Gasteiger partial charge >= 0.3 is 0 Å². The summed E-state index contributed by atoms with van der Waals surface area (Å²) >= 11 is 3.05. The predicted octanol–water partition coefficient (Wildman–Crippen LogP) is 2.36. The lowest BCUT2D eigenvalue weighted by molar-refractivity contribution is 0.0949. The molecule has 0 radical (unpaired) electrons. The number of nitrogen functional groups attached to an aromatic ring is 1. The lowest BCUT2D eigenvalue weighted by Crippen LogP contribution is -2.30. The van der Waals surface area contributed by atoms with Crippen molar-refractivity contribution >= 4 is 21.8 Å². The minimum atomic E-state index is -0.465. The normalized spacial score (nSPS) is 10.3. The van der Waals surface area contributed by atoms with Gasteiger partial charge in [0, 0.05) is 0 Å². The van der Waals surface area contributed by atoms with Crippen molar-refractivity contribution in [3.63, 3.8) is 0 Å². The Morgan fingerprint density at radius 1 is 1.47 bits per heavy atom. The van der Waals surface area contributed by atoms with Crippen molar-refractivity contribution in [3.05, 3.63) is 52.1 Å². The fourth-order valence-corrected chi connectivity index (χ4v) is 1.81. The molecule has 2 aromatic rings. The number of benzene rings is 1. The Labute approximate surface area is 116 Å². The second kappa shape index (κ2) is 5.85. The Balaban J connectivity index is 2.08. The molecule has 0 bridgehead atoms. The van der Waals surface area contributed by atoms with E-state index in [1.807, 2.05) is 5.43 Å².